The van der Waals surface area contributed by atoms with Gasteiger partial charge in [-0.3, -0.25) is 19.3 Å². The number of esters is 1. The third-order valence-corrected chi connectivity index (χ3v) is 7.06. The lowest BCUT2D eigenvalue weighted by atomic mass is 9.93. The molecular formula is C21H26N4O8S. The number of rotatable bonds is 8. The molecule has 34 heavy (non-hydrogen) atoms. The van der Waals surface area contributed by atoms with Crippen LogP contribution in [0.1, 0.15) is 26.7 Å². The molecule has 0 saturated carbocycles. The van der Waals surface area contributed by atoms with Crippen LogP contribution in [0.3, 0.4) is 0 Å². The highest BCUT2D eigenvalue weighted by molar-refractivity contribution is 8.00. The maximum atomic E-state index is 13.2. The molecule has 0 aromatic heterocycles. The van der Waals surface area contributed by atoms with Crippen molar-refractivity contribution in [3.8, 4) is 0 Å². The van der Waals surface area contributed by atoms with Gasteiger partial charge < -0.3 is 30.9 Å². The number of aliphatic carboxylic acids is 1. The summed E-state index contributed by atoms with van der Waals surface area (Å²) in [6, 6.07) is -2.06. The Morgan fingerprint density at radius 3 is 2.56 bits per heavy atom. The summed E-state index contributed by atoms with van der Waals surface area (Å²) in [7, 11) is 1.22. The maximum absolute atomic E-state index is 13.2. The van der Waals surface area contributed by atoms with Crippen molar-refractivity contribution in [3.63, 3.8) is 0 Å². The molecule has 2 aliphatic heterocycles. The van der Waals surface area contributed by atoms with Crippen LogP contribution in [0.4, 0.5) is 4.79 Å². The minimum absolute atomic E-state index is 0.128. The molecule has 2 heterocycles. The van der Waals surface area contributed by atoms with Crippen LogP contribution >= 0.6 is 11.8 Å². The molecule has 13 heteroatoms. The molecule has 1 saturated heterocycles. The van der Waals surface area contributed by atoms with Crippen LogP contribution in [0.15, 0.2) is 34.6 Å². The monoisotopic (exact) mass is 494 g/mol. The van der Waals surface area contributed by atoms with E-state index >= 15 is 0 Å². The number of carboxylic acid groups (broad SMARTS) is 1. The molecule has 184 valence electrons. The Morgan fingerprint density at radius 1 is 1.32 bits per heavy atom. The maximum Gasteiger partial charge on any atom is 0.352 e. The second-order valence-corrected chi connectivity index (χ2v) is 9.05. The summed E-state index contributed by atoms with van der Waals surface area (Å²) in [5.41, 5.74) is 5.05. The van der Waals surface area contributed by atoms with Crippen molar-refractivity contribution >= 4 is 41.5 Å². The molecule has 1 fully saturated rings. The minimum atomic E-state index is -1.85. The number of carbonyl (C=O) groups is 5. The Bertz CT molecular complexity index is 1040. The van der Waals surface area contributed by atoms with E-state index in [-0.39, 0.29) is 23.6 Å². The average Bonchev–Trinajstić information content (AvgIpc) is 2.78. The number of urea groups is 1. The van der Waals surface area contributed by atoms with Crippen LogP contribution in [-0.2, 0) is 28.7 Å². The van der Waals surface area contributed by atoms with E-state index in [0.717, 1.165) is 22.2 Å². The lowest BCUT2D eigenvalue weighted by molar-refractivity contribution is -0.192. The molecule has 0 aromatic rings. The zero-order valence-corrected chi connectivity index (χ0v) is 19.7. The first-order valence-electron chi connectivity index (χ1n) is 10.3. The first-order valence-corrected chi connectivity index (χ1v) is 11.4. The number of nitrogens with two attached hydrogens (primary N) is 1. The molecule has 0 spiro atoms. The molecule has 3 rings (SSSR count). The summed E-state index contributed by atoms with van der Waals surface area (Å²) in [5.74, 6) is -3.36. The first kappa shape index (κ1) is 25.3. The minimum Gasteiger partial charge on any atom is -0.477 e. The van der Waals surface area contributed by atoms with Gasteiger partial charge >= 0.3 is 18.0 Å². The fourth-order valence-electron chi connectivity index (χ4n) is 3.95. The van der Waals surface area contributed by atoms with Gasteiger partial charge in [-0.25, -0.2) is 9.59 Å². The molecular weight excluding hydrogens is 468 g/mol. The Labute approximate surface area is 199 Å². The molecule has 3 atom stereocenters. The van der Waals surface area contributed by atoms with E-state index in [0.29, 0.717) is 18.4 Å². The predicted molar refractivity (Wildman–Crippen MR) is 120 cm³/mol. The van der Waals surface area contributed by atoms with Gasteiger partial charge in [-0.15, -0.1) is 11.8 Å². The number of hydrogen-bond donors (Lipinski definition) is 4. The predicted octanol–water partition coefficient (Wildman–Crippen LogP) is -0.0344. The highest BCUT2D eigenvalue weighted by atomic mass is 32.2. The average molecular weight is 495 g/mol. The summed E-state index contributed by atoms with van der Waals surface area (Å²) in [4.78, 5) is 62.0. The molecule has 4 amide bonds. The van der Waals surface area contributed by atoms with Crippen molar-refractivity contribution in [3.05, 3.63) is 34.6 Å². The van der Waals surface area contributed by atoms with E-state index in [1.54, 1.807) is 0 Å². The summed E-state index contributed by atoms with van der Waals surface area (Å²) in [6.07, 6.45) is 4.74. The quantitative estimate of drug-likeness (QED) is 0.156. The zero-order valence-electron chi connectivity index (χ0n) is 18.9. The normalized spacial score (nSPS) is 24.7. The van der Waals surface area contributed by atoms with Gasteiger partial charge in [0.2, 0.25) is 5.91 Å². The van der Waals surface area contributed by atoms with Gasteiger partial charge in [0, 0.05) is 25.4 Å². The third kappa shape index (κ3) is 4.66. The van der Waals surface area contributed by atoms with Crippen molar-refractivity contribution in [2.45, 2.75) is 43.8 Å². The highest BCUT2D eigenvalue weighted by Gasteiger charge is 2.67. The van der Waals surface area contributed by atoms with Gasteiger partial charge in [-0.2, -0.15) is 0 Å². The SMILES string of the molecule is COC1(NC(=O)C(NC(N)=O)C2=CCC(C)=CC2)C(=O)N2C(C(=O)O)=C(COC(C)=O)CS[C@@H]21. The Morgan fingerprint density at radius 2 is 2.03 bits per heavy atom. The number of methoxy groups -OCH3 is 1. The fourth-order valence-corrected chi connectivity index (χ4v) is 5.37. The molecule has 5 N–H and O–H groups in total. The molecule has 12 nitrogen and oxygen atoms in total. The van der Waals surface area contributed by atoms with E-state index in [1.165, 1.54) is 14.0 Å². The number of amides is 4. The van der Waals surface area contributed by atoms with Gasteiger partial charge in [0.25, 0.3) is 11.6 Å². The standard InChI is InChI=1S/C21H26N4O8S/c1-10-4-6-12(7-5-10)14(23-20(22)31)16(27)24-21(32-3)18(30)25-15(17(28)29)13(8-33-11(2)26)9-34-19(21)25/h4,7,14,19H,5-6,8-9H2,1-3H3,(H,24,27)(H,28,29)(H3,22,23,31)/t14?,19-,21?/m1/s1. The van der Waals surface area contributed by atoms with Gasteiger partial charge in [-0.05, 0) is 25.3 Å². The highest BCUT2D eigenvalue weighted by Crippen LogP contribution is 2.46. The smallest absolute Gasteiger partial charge is 0.352 e. The number of primary amides is 1. The second kappa shape index (κ2) is 9.89. The van der Waals surface area contributed by atoms with Crippen LogP contribution in [0, 0.1) is 0 Å². The number of carbonyl (C=O) groups excluding carboxylic acids is 4. The van der Waals surface area contributed by atoms with E-state index in [4.69, 9.17) is 15.2 Å². The number of ether oxygens (including phenoxy) is 2. The van der Waals surface area contributed by atoms with Crippen molar-refractivity contribution in [1.82, 2.24) is 15.5 Å². The van der Waals surface area contributed by atoms with E-state index in [2.05, 4.69) is 10.6 Å². The number of β-lactam (4-membered cyclic amide) rings is 1. The van der Waals surface area contributed by atoms with Gasteiger partial charge in [0.05, 0.1) is 0 Å². The molecule has 2 unspecified atom stereocenters. The molecule has 0 bridgehead atoms. The topological polar surface area (TPSA) is 177 Å². The number of thioether (sulfide) groups is 1. The van der Waals surface area contributed by atoms with Crippen LogP contribution in [0.5, 0.6) is 0 Å². The van der Waals surface area contributed by atoms with Crippen molar-refractivity contribution in [2.24, 2.45) is 5.73 Å². The lowest BCUT2D eigenvalue weighted by Gasteiger charge is -2.56. The van der Waals surface area contributed by atoms with Crippen molar-refractivity contribution in [2.75, 3.05) is 19.5 Å². The van der Waals surface area contributed by atoms with E-state index in [1.807, 2.05) is 19.1 Å². The van der Waals surface area contributed by atoms with E-state index in [9.17, 15) is 29.1 Å². The summed E-state index contributed by atoms with van der Waals surface area (Å²) in [5, 5.41) is 13.8. The van der Waals surface area contributed by atoms with Crippen LogP contribution in [0.25, 0.3) is 0 Å². The Kier molecular flexibility index (Phi) is 7.36. The van der Waals surface area contributed by atoms with E-state index < -0.39 is 46.9 Å². The first-order chi connectivity index (χ1) is 16.0. The molecule has 1 aliphatic carbocycles. The number of hydrogen-bond acceptors (Lipinski definition) is 8. The summed E-state index contributed by atoms with van der Waals surface area (Å²) in [6.45, 7) is 2.85. The second-order valence-electron chi connectivity index (χ2n) is 7.98. The lowest BCUT2D eigenvalue weighted by Crippen LogP contribution is -2.81. The number of nitrogens with one attached hydrogen (secondary N) is 2. The third-order valence-electron chi connectivity index (χ3n) is 5.69. The largest absolute Gasteiger partial charge is 0.477 e. The number of fused-ring (bicyclic) bond motifs is 1. The number of nitrogens with zero attached hydrogens (tertiary/aromatic N) is 1. The molecule has 0 aromatic carbocycles. The summed E-state index contributed by atoms with van der Waals surface area (Å²) < 4.78 is 10.3. The van der Waals surface area contributed by atoms with Crippen LogP contribution in [-0.4, -0.2) is 76.4 Å². The zero-order chi connectivity index (χ0) is 25.2. The van der Waals surface area contributed by atoms with Gasteiger partial charge in [-0.1, -0.05) is 17.7 Å². The molecule has 3 aliphatic rings. The number of allylic oxidation sites excluding steroid dienone is 3. The van der Waals surface area contributed by atoms with Gasteiger partial charge in [0.1, 0.15) is 23.7 Å². The summed E-state index contributed by atoms with van der Waals surface area (Å²) >= 11 is 1.15. The van der Waals surface area contributed by atoms with Crippen molar-refractivity contribution < 1.29 is 38.6 Å². The molecule has 0 radical (unpaired) electrons. The van der Waals surface area contributed by atoms with Crippen LogP contribution in [0.2, 0.25) is 0 Å². The fraction of sp³-hybridized carbons (Fsp3) is 0.476. The van der Waals surface area contributed by atoms with Gasteiger partial charge in [0.15, 0.2) is 0 Å². The number of carboxylic acids is 1. The van der Waals surface area contributed by atoms with Crippen molar-refractivity contribution in [1.29, 1.82) is 0 Å². The Balaban J connectivity index is 1.86. The van der Waals surface area contributed by atoms with Crippen LogP contribution < -0.4 is 16.4 Å². The Hall–Kier alpha value is -3.32.